The predicted octanol–water partition coefficient (Wildman–Crippen LogP) is -6.45. The van der Waals surface area contributed by atoms with Crippen LogP contribution in [-0.4, -0.2) is 148 Å². The highest BCUT2D eigenvalue weighted by Crippen LogP contribution is 2.23. The van der Waals surface area contributed by atoms with Gasteiger partial charge in [0.1, 0.15) is 48.8 Å². The number of hydrogen-bond acceptors (Lipinski definition) is 16. The third-order valence-electron chi connectivity index (χ3n) is 5.29. The van der Waals surface area contributed by atoms with Gasteiger partial charge in [-0.15, -0.1) is 0 Å². The Kier molecular flexibility index (Phi) is 14.7. The number of carbonyl (C=O) groups is 2. The summed E-state index contributed by atoms with van der Waals surface area (Å²) in [6, 6.07) is 0. The molecule has 17 nitrogen and oxygen atoms in total. The molecular weight excluding hydrogens is 496 g/mol. The molecule has 1 amide bonds. The number of hydrazine groups is 1. The van der Waals surface area contributed by atoms with Crippen molar-refractivity contribution in [1.29, 1.82) is 0 Å². The molecule has 2 rings (SSSR count). The lowest BCUT2D eigenvalue weighted by Crippen LogP contribution is -2.59. The van der Waals surface area contributed by atoms with Crippen LogP contribution in [0.15, 0.2) is 0 Å². The Balaban J connectivity index is 0.000000360. The largest absolute Gasteiger partial charge is 0.469 e. The van der Waals surface area contributed by atoms with Crippen LogP contribution in [0.1, 0.15) is 12.8 Å². The summed E-state index contributed by atoms with van der Waals surface area (Å²) in [7, 11) is 1.23. The summed E-state index contributed by atoms with van der Waals surface area (Å²) >= 11 is 0. The molecular formula is C19H36N2O15. The number of esters is 1. The molecule has 0 aromatic heterocycles. The van der Waals surface area contributed by atoms with Crippen LogP contribution in [-0.2, 0) is 33.3 Å². The van der Waals surface area contributed by atoms with E-state index in [0.717, 1.165) is 0 Å². The molecule has 0 aromatic rings. The van der Waals surface area contributed by atoms with Crippen LogP contribution in [0, 0.1) is 0 Å². The summed E-state index contributed by atoms with van der Waals surface area (Å²) in [6.45, 7) is -1.23. The summed E-state index contributed by atoms with van der Waals surface area (Å²) in [5.41, 5.74) is 1.90. The summed E-state index contributed by atoms with van der Waals surface area (Å²) < 4.78 is 24.6. The fourth-order valence-electron chi connectivity index (χ4n) is 3.11. The van der Waals surface area contributed by atoms with Gasteiger partial charge >= 0.3 is 5.97 Å². The highest BCUT2D eigenvalue weighted by atomic mass is 16.7. The van der Waals surface area contributed by atoms with Gasteiger partial charge in [0, 0.05) is 0 Å². The minimum atomic E-state index is -1.50. The van der Waals surface area contributed by atoms with Crippen LogP contribution in [0.3, 0.4) is 0 Å². The second-order valence-electron chi connectivity index (χ2n) is 7.78. The van der Waals surface area contributed by atoms with Crippen LogP contribution in [0.5, 0.6) is 0 Å². The first-order valence-corrected chi connectivity index (χ1v) is 10.9. The first-order valence-electron chi connectivity index (χ1n) is 10.9. The number of nitrogens with one attached hydrogen (secondary N) is 1. The molecule has 0 aromatic carbocycles. The van der Waals surface area contributed by atoms with Gasteiger partial charge in [-0.05, 0) is 0 Å². The van der Waals surface area contributed by atoms with Gasteiger partial charge in [0.25, 0.3) is 0 Å². The Hall–Kier alpha value is -1.58. The number of ether oxygens (including phenoxy) is 5. The highest BCUT2D eigenvalue weighted by molar-refractivity contribution is 5.75. The molecule has 2 saturated heterocycles. The number of nitrogens with two attached hydrogens (primary N) is 1. The third kappa shape index (κ3) is 9.38. The van der Waals surface area contributed by atoms with Crippen LogP contribution < -0.4 is 11.3 Å². The topological polar surface area (TPSA) is 280 Å². The van der Waals surface area contributed by atoms with Crippen molar-refractivity contribution in [3.05, 3.63) is 0 Å². The van der Waals surface area contributed by atoms with Gasteiger partial charge in [-0.1, -0.05) is 0 Å². The maximum absolute atomic E-state index is 10.8. The molecule has 10 unspecified atom stereocenters. The van der Waals surface area contributed by atoms with Gasteiger partial charge in [-0.3, -0.25) is 15.0 Å². The lowest BCUT2D eigenvalue weighted by Gasteiger charge is -2.39. The number of carbonyl (C=O) groups excluding carboxylic acids is 2. The van der Waals surface area contributed by atoms with E-state index in [1.807, 2.05) is 5.43 Å². The number of aliphatic hydroxyl groups is 8. The molecule has 212 valence electrons. The molecule has 0 saturated carbocycles. The maximum atomic E-state index is 10.8. The van der Waals surface area contributed by atoms with Crippen molar-refractivity contribution in [2.45, 2.75) is 74.3 Å². The van der Waals surface area contributed by atoms with Crippen molar-refractivity contribution in [1.82, 2.24) is 5.43 Å². The molecule has 0 radical (unpaired) electrons. The normalized spacial score (nSPS) is 36.4. The number of rotatable bonds is 10. The molecule has 2 aliphatic heterocycles. The van der Waals surface area contributed by atoms with Crippen molar-refractivity contribution in [3.63, 3.8) is 0 Å². The lowest BCUT2D eigenvalue weighted by atomic mass is 9.99. The monoisotopic (exact) mass is 532 g/mol. The number of amides is 1. The van der Waals surface area contributed by atoms with E-state index in [1.54, 1.807) is 0 Å². The van der Waals surface area contributed by atoms with E-state index in [-0.39, 0.29) is 26.1 Å². The van der Waals surface area contributed by atoms with Crippen molar-refractivity contribution in [3.8, 4) is 0 Å². The average molecular weight is 532 g/mol. The van der Waals surface area contributed by atoms with E-state index in [9.17, 15) is 40.2 Å². The summed E-state index contributed by atoms with van der Waals surface area (Å²) in [5, 5.41) is 74.9. The number of aliphatic hydroxyl groups excluding tert-OH is 8. The molecule has 11 N–H and O–H groups in total. The van der Waals surface area contributed by atoms with Gasteiger partial charge in [0.05, 0.1) is 46.4 Å². The Morgan fingerprint density at radius 2 is 1.17 bits per heavy atom. The minimum Gasteiger partial charge on any atom is -0.469 e. The van der Waals surface area contributed by atoms with E-state index in [2.05, 4.69) is 4.74 Å². The van der Waals surface area contributed by atoms with Gasteiger partial charge < -0.3 is 64.5 Å². The van der Waals surface area contributed by atoms with Crippen molar-refractivity contribution in [2.24, 2.45) is 5.84 Å². The molecule has 36 heavy (non-hydrogen) atoms. The summed E-state index contributed by atoms with van der Waals surface area (Å²) in [6.07, 6.45) is -13.4. The number of methoxy groups -OCH3 is 1. The van der Waals surface area contributed by atoms with Crippen molar-refractivity contribution in [2.75, 3.05) is 33.5 Å². The fourth-order valence-corrected chi connectivity index (χ4v) is 3.11. The van der Waals surface area contributed by atoms with Gasteiger partial charge in [-0.25, -0.2) is 5.84 Å². The van der Waals surface area contributed by atoms with Crippen LogP contribution in [0.25, 0.3) is 0 Å². The lowest BCUT2D eigenvalue weighted by molar-refractivity contribution is -0.301. The van der Waals surface area contributed by atoms with Gasteiger partial charge in [-0.2, -0.15) is 0 Å². The second kappa shape index (κ2) is 16.3. The molecule has 2 aliphatic rings. The average Bonchev–Trinajstić information content (AvgIpc) is 2.88. The van der Waals surface area contributed by atoms with Crippen LogP contribution >= 0.6 is 0 Å². The molecule has 0 bridgehead atoms. The first kappa shape index (κ1) is 32.4. The zero-order valence-corrected chi connectivity index (χ0v) is 19.5. The molecule has 17 heteroatoms. The van der Waals surface area contributed by atoms with Gasteiger partial charge in [0.15, 0.2) is 12.6 Å². The highest BCUT2D eigenvalue weighted by Gasteiger charge is 2.45. The first-order chi connectivity index (χ1) is 17.0. The molecule has 2 fully saturated rings. The van der Waals surface area contributed by atoms with E-state index >= 15 is 0 Å². The fraction of sp³-hybridized carbons (Fsp3) is 0.895. The zero-order valence-electron chi connectivity index (χ0n) is 19.5. The number of hydrogen-bond donors (Lipinski definition) is 10. The zero-order chi connectivity index (χ0) is 27.4. The molecule has 0 aliphatic carbocycles. The second-order valence-corrected chi connectivity index (χ2v) is 7.78. The summed E-state index contributed by atoms with van der Waals surface area (Å²) in [5.74, 6) is 3.92. The van der Waals surface area contributed by atoms with E-state index < -0.39 is 86.5 Å². The smallest absolute Gasteiger partial charge is 0.307 e. The van der Waals surface area contributed by atoms with E-state index in [4.69, 9.17) is 35.0 Å². The Labute approximate surface area is 205 Å². The molecule has 10 atom stereocenters. The van der Waals surface area contributed by atoms with Crippen LogP contribution in [0.4, 0.5) is 0 Å². The van der Waals surface area contributed by atoms with E-state index in [1.165, 1.54) is 7.11 Å². The van der Waals surface area contributed by atoms with E-state index in [0.29, 0.717) is 0 Å². The van der Waals surface area contributed by atoms with Gasteiger partial charge in [0.2, 0.25) is 5.91 Å². The Morgan fingerprint density at radius 1 is 0.750 bits per heavy atom. The van der Waals surface area contributed by atoms with Crippen molar-refractivity contribution >= 4 is 11.9 Å². The Bertz CT molecular complexity index is 600. The molecule has 0 spiro atoms. The molecule has 2 heterocycles. The predicted molar refractivity (Wildman–Crippen MR) is 113 cm³/mol. The third-order valence-corrected chi connectivity index (χ3v) is 5.29. The SMILES string of the molecule is COC(=O)CCOC1OC(CO)C(O)C(O)C1O.NNC(=O)CCOC1OC(CO)C(O)C(O)C1O. The standard InChI is InChI=1S/C10H18O8.C9H18N2O7/c1-16-6(12)2-3-17-10-9(15)8(14)7(13)5(4-11)18-10;10-11-5(13)1-2-17-9-8(16)7(15)6(14)4(3-12)18-9/h5,7-11,13-15H,2-4H2,1H3;4,6-9,12,14-16H,1-3,10H2,(H,11,13). The summed E-state index contributed by atoms with van der Waals surface area (Å²) in [4.78, 5) is 21.7. The minimum absolute atomic E-state index is 0.0362. The van der Waals surface area contributed by atoms with Crippen molar-refractivity contribution < 1.29 is 74.1 Å². The Morgan fingerprint density at radius 3 is 1.53 bits per heavy atom. The quantitative estimate of drug-likeness (QED) is 0.0541. The van der Waals surface area contributed by atoms with Crippen LogP contribution in [0.2, 0.25) is 0 Å². The maximum Gasteiger partial charge on any atom is 0.307 e.